The van der Waals surface area contributed by atoms with Crippen LogP contribution in [0.5, 0.6) is 0 Å². The molecule has 0 aliphatic rings. The minimum absolute atomic E-state index is 0.375. The van der Waals surface area contributed by atoms with Crippen molar-refractivity contribution < 1.29 is 9.53 Å². The zero-order valence-electron chi connectivity index (χ0n) is 17.4. The molecule has 0 bridgehead atoms. The summed E-state index contributed by atoms with van der Waals surface area (Å²) in [5.74, 6) is 0.619. The highest BCUT2D eigenvalue weighted by molar-refractivity contribution is 6.06. The number of rotatable bonds is 4. The third-order valence-corrected chi connectivity index (χ3v) is 4.90. The summed E-state index contributed by atoms with van der Waals surface area (Å²) in [5, 5.41) is 13.9. The number of carbonyl (C=O) groups excluding carboxylic acids is 1. The minimum Gasteiger partial charge on any atom is -0.471 e. The molecule has 3 aromatic carbocycles. The Kier molecular flexibility index (Phi) is 6.77. The van der Waals surface area contributed by atoms with Gasteiger partial charge in [-0.25, -0.2) is 0 Å². The Hall–Kier alpha value is -3.71. The maximum atomic E-state index is 9.43. The Labute approximate surface area is 176 Å². The van der Waals surface area contributed by atoms with Gasteiger partial charge in [-0.2, -0.15) is 5.26 Å². The highest BCUT2D eigenvalue weighted by Gasteiger charge is 2.11. The fourth-order valence-corrected chi connectivity index (χ4v) is 3.66. The first-order valence-electron chi connectivity index (χ1n) is 9.84. The number of fused-ring (bicyclic) bond motifs is 2. The second-order valence-electron chi connectivity index (χ2n) is 7.49. The lowest BCUT2D eigenvalue weighted by Gasteiger charge is -2.12. The number of hydrogen-bond donors (Lipinski definition) is 0. The first-order valence-corrected chi connectivity index (χ1v) is 9.84. The van der Waals surface area contributed by atoms with Crippen LogP contribution in [0, 0.1) is 17.2 Å². The maximum Gasteiger partial charge on any atom is 0.292 e. The average molecular weight is 396 g/mol. The van der Waals surface area contributed by atoms with Crippen LogP contribution in [0.1, 0.15) is 25.0 Å². The van der Waals surface area contributed by atoms with Gasteiger partial charge in [-0.3, -0.25) is 9.78 Å². The van der Waals surface area contributed by atoms with Crippen molar-refractivity contribution in [3.63, 3.8) is 0 Å². The molecule has 0 saturated heterocycles. The van der Waals surface area contributed by atoms with Crippen LogP contribution in [0.15, 0.2) is 67.0 Å². The highest BCUT2D eigenvalue weighted by atomic mass is 16.5. The first-order chi connectivity index (χ1) is 14.6. The van der Waals surface area contributed by atoms with Crippen LogP contribution in [0.2, 0.25) is 0 Å². The van der Waals surface area contributed by atoms with Crippen LogP contribution in [-0.4, -0.2) is 18.6 Å². The number of carbonyl (C=O) groups is 1. The summed E-state index contributed by atoms with van der Waals surface area (Å²) in [6.45, 7) is 4.86. The van der Waals surface area contributed by atoms with E-state index in [4.69, 9.17) is 4.79 Å². The van der Waals surface area contributed by atoms with Gasteiger partial charge < -0.3 is 4.74 Å². The molecular weight excluding hydrogens is 372 g/mol. The van der Waals surface area contributed by atoms with Crippen LogP contribution in [0.3, 0.4) is 0 Å². The molecule has 0 saturated carbocycles. The van der Waals surface area contributed by atoms with Crippen molar-refractivity contribution in [2.45, 2.75) is 20.3 Å². The molecule has 4 aromatic rings. The van der Waals surface area contributed by atoms with E-state index in [0.29, 0.717) is 18.0 Å². The summed E-state index contributed by atoms with van der Waals surface area (Å²) < 4.78 is 3.86. The van der Waals surface area contributed by atoms with Gasteiger partial charge >= 0.3 is 0 Å². The van der Waals surface area contributed by atoms with E-state index in [9.17, 15) is 5.26 Å². The monoisotopic (exact) mass is 396 g/mol. The minimum atomic E-state index is 0.375. The Bertz CT molecular complexity index is 1220. The van der Waals surface area contributed by atoms with Crippen molar-refractivity contribution in [2.75, 3.05) is 7.11 Å². The molecule has 4 heteroatoms. The fraction of sp³-hybridized carbons (Fsp3) is 0.192. The number of benzene rings is 3. The SMILES string of the molecule is CC(C)Cc1ccc2cncc(-c3ccc(C#N)c4ccccc34)c2c1.COC=O. The molecule has 4 rings (SSSR count). The maximum absolute atomic E-state index is 9.43. The van der Waals surface area contributed by atoms with E-state index in [1.165, 1.54) is 18.1 Å². The molecule has 0 N–H and O–H groups in total. The van der Waals surface area contributed by atoms with Gasteiger partial charge in [0.2, 0.25) is 0 Å². The number of pyridine rings is 1. The predicted molar refractivity (Wildman–Crippen MR) is 121 cm³/mol. The Morgan fingerprint density at radius 1 is 1.00 bits per heavy atom. The van der Waals surface area contributed by atoms with Crippen molar-refractivity contribution in [1.29, 1.82) is 5.26 Å². The molecule has 0 aliphatic carbocycles. The molecule has 1 aromatic heterocycles. The van der Waals surface area contributed by atoms with Crippen LogP contribution in [0.25, 0.3) is 32.7 Å². The molecule has 4 nitrogen and oxygen atoms in total. The summed E-state index contributed by atoms with van der Waals surface area (Å²) in [7, 11) is 1.31. The van der Waals surface area contributed by atoms with Gasteiger partial charge in [-0.05, 0) is 40.3 Å². The van der Waals surface area contributed by atoms with Gasteiger partial charge in [0.25, 0.3) is 6.47 Å². The molecule has 0 amide bonds. The van der Waals surface area contributed by atoms with E-state index < -0.39 is 0 Å². The topological polar surface area (TPSA) is 63.0 Å². The molecule has 0 atom stereocenters. The van der Waals surface area contributed by atoms with Crippen molar-refractivity contribution in [2.24, 2.45) is 5.92 Å². The largest absolute Gasteiger partial charge is 0.471 e. The number of hydrogen-bond acceptors (Lipinski definition) is 4. The summed E-state index contributed by atoms with van der Waals surface area (Å²) in [5.41, 5.74) is 4.30. The van der Waals surface area contributed by atoms with E-state index in [1.807, 2.05) is 42.7 Å². The number of methoxy groups -OCH3 is 1. The highest BCUT2D eigenvalue weighted by Crippen LogP contribution is 2.35. The third kappa shape index (κ3) is 4.47. The van der Waals surface area contributed by atoms with Crippen LogP contribution < -0.4 is 0 Å². The van der Waals surface area contributed by atoms with E-state index in [2.05, 4.69) is 53.9 Å². The number of nitrogens with zero attached hydrogens (tertiary/aromatic N) is 2. The van der Waals surface area contributed by atoms with Gasteiger partial charge in [0.1, 0.15) is 0 Å². The normalized spacial score (nSPS) is 10.4. The zero-order chi connectivity index (χ0) is 21.5. The predicted octanol–water partition coefficient (Wildman–Crippen LogP) is 5.91. The van der Waals surface area contributed by atoms with Gasteiger partial charge in [0.05, 0.1) is 18.7 Å². The summed E-state index contributed by atoms with van der Waals surface area (Å²) >= 11 is 0. The Morgan fingerprint density at radius 2 is 1.73 bits per heavy atom. The lowest BCUT2D eigenvalue weighted by atomic mass is 9.92. The number of nitriles is 1. The van der Waals surface area contributed by atoms with Crippen molar-refractivity contribution >= 4 is 28.0 Å². The van der Waals surface area contributed by atoms with Gasteiger partial charge in [0.15, 0.2) is 0 Å². The molecule has 0 unspecified atom stereocenters. The second-order valence-corrected chi connectivity index (χ2v) is 7.49. The van der Waals surface area contributed by atoms with E-state index in [-0.39, 0.29) is 0 Å². The number of ether oxygens (including phenoxy) is 1. The lowest BCUT2D eigenvalue weighted by molar-refractivity contribution is -0.126. The third-order valence-electron chi connectivity index (χ3n) is 4.90. The van der Waals surface area contributed by atoms with Crippen LogP contribution in [0.4, 0.5) is 0 Å². The van der Waals surface area contributed by atoms with Gasteiger partial charge in [-0.1, -0.05) is 62.4 Å². The van der Waals surface area contributed by atoms with Gasteiger partial charge in [-0.15, -0.1) is 0 Å². The van der Waals surface area contributed by atoms with E-state index >= 15 is 0 Å². The Balaban J connectivity index is 0.000000589. The fourth-order valence-electron chi connectivity index (χ4n) is 3.66. The van der Waals surface area contributed by atoms with Crippen molar-refractivity contribution in [3.8, 4) is 17.2 Å². The van der Waals surface area contributed by atoms with Crippen molar-refractivity contribution in [3.05, 3.63) is 78.1 Å². The summed E-state index contributed by atoms with van der Waals surface area (Å²) in [6, 6.07) is 21.0. The standard InChI is InChI=1S/C24H20N2.C2H4O2/c1-16(2)11-17-7-8-19-14-26-15-24(23(19)12-17)22-10-9-18(13-25)20-5-3-4-6-21(20)22;1-4-2-3/h3-10,12,14-16H,11H2,1-2H3;2H,1H3. The quantitative estimate of drug-likeness (QED) is 0.402. The lowest BCUT2D eigenvalue weighted by Crippen LogP contribution is -1.94. The van der Waals surface area contributed by atoms with E-state index in [0.717, 1.165) is 33.7 Å². The van der Waals surface area contributed by atoms with Gasteiger partial charge in [0, 0.05) is 28.7 Å². The van der Waals surface area contributed by atoms with Crippen LogP contribution in [-0.2, 0) is 16.0 Å². The number of aromatic nitrogens is 1. The molecule has 0 radical (unpaired) electrons. The zero-order valence-corrected chi connectivity index (χ0v) is 17.4. The Morgan fingerprint density at radius 3 is 2.40 bits per heavy atom. The van der Waals surface area contributed by atoms with Crippen molar-refractivity contribution in [1.82, 2.24) is 4.98 Å². The molecule has 1 heterocycles. The summed E-state index contributed by atoms with van der Waals surface area (Å²) in [6.07, 6.45) is 4.92. The molecule has 30 heavy (non-hydrogen) atoms. The van der Waals surface area contributed by atoms with E-state index in [1.54, 1.807) is 0 Å². The smallest absolute Gasteiger partial charge is 0.292 e. The molecule has 150 valence electrons. The molecular formula is C26H24N2O2. The summed E-state index contributed by atoms with van der Waals surface area (Å²) in [4.78, 5) is 13.4. The molecule has 0 aliphatic heterocycles. The second kappa shape index (κ2) is 9.67. The first kappa shape index (κ1) is 21.0. The van der Waals surface area contributed by atoms with Crippen LogP contribution >= 0.6 is 0 Å². The molecule has 0 spiro atoms. The molecule has 0 fully saturated rings. The average Bonchev–Trinajstić information content (AvgIpc) is 2.77.